The third-order valence-electron chi connectivity index (χ3n) is 1.84. The summed E-state index contributed by atoms with van der Waals surface area (Å²) >= 11 is 0. The summed E-state index contributed by atoms with van der Waals surface area (Å²) in [6, 6.07) is 3.85. The first-order valence-corrected chi connectivity index (χ1v) is 5.34. The Hall–Kier alpha value is -0.600. The molecule has 0 unspecified atom stereocenters. The van der Waals surface area contributed by atoms with E-state index in [0.717, 1.165) is 0 Å². The van der Waals surface area contributed by atoms with Gasteiger partial charge in [0.15, 0.2) is 11.5 Å². The molecule has 1 aliphatic heterocycles. The van der Waals surface area contributed by atoms with Crippen LogP contribution in [0.2, 0.25) is 0 Å². The number of carbonyl (C=O) groups is 1. The van der Waals surface area contributed by atoms with Gasteiger partial charge in [0.1, 0.15) is 0 Å². The Morgan fingerprint density at radius 3 is 2.50 bits per heavy atom. The van der Waals surface area contributed by atoms with E-state index in [4.69, 9.17) is 14.0 Å². The second kappa shape index (κ2) is 4.72. The Balaban J connectivity index is 0.00000128. The molecule has 0 fully saturated rings. The van der Waals surface area contributed by atoms with E-state index in [-0.39, 0.29) is 47.7 Å². The maximum absolute atomic E-state index is 11.1. The van der Waals surface area contributed by atoms with E-state index in [1.54, 1.807) is 0 Å². The normalized spacial score (nSPS) is 13.1. The minimum atomic E-state index is -4.71. The predicted molar refractivity (Wildman–Crippen MR) is 54.2 cm³/mol. The second-order valence-corrected chi connectivity index (χ2v) is 4.15. The number of ether oxygens (including phenoxy) is 2. The molecule has 2 rings (SSSR count). The van der Waals surface area contributed by atoms with Gasteiger partial charge in [-0.25, -0.2) is 0 Å². The molecule has 16 heavy (non-hydrogen) atoms. The van der Waals surface area contributed by atoms with Crippen molar-refractivity contribution in [3.63, 3.8) is 0 Å². The molecule has 81 valence electrons. The van der Waals surface area contributed by atoms with Crippen molar-refractivity contribution in [3.8, 4) is 11.5 Å². The standard InChI is InChI=1S/C8H6O6S.Na/c9-8(15(10,11)12)5-1-2-6-7(3-5)14-4-13-6;/h1-3H,4H2,(H,10,11,12);. The zero-order chi connectivity index (χ0) is 11.1. The van der Waals surface area contributed by atoms with E-state index in [0.29, 0.717) is 5.75 Å². The Morgan fingerprint density at radius 2 is 1.88 bits per heavy atom. The topological polar surface area (TPSA) is 89.9 Å². The summed E-state index contributed by atoms with van der Waals surface area (Å²) in [4.78, 5) is 11.1. The van der Waals surface area contributed by atoms with Crippen LogP contribution in [-0.4, -0.2) is 54.4 Å². The van der Waals surface area contributed by atoms with Gasteiger partial charge in [0.25, 0.3) is 0 Å². The minimum Gasteiger partial charge on any atom is -0.454 e. The molecule has 1 radical (unpaired) electrons. The molecule has 8 heteroatoms. The third kappa shape index (κ3) is 2.55. The second-order valence-electron chi connectivity index (χ2n) is 2.83. The summed E-state index contributed by atoms with van der Waals surface area (Å²) in [6.07, 6.45) is 0. The molecule has 1 aromatic carbocycles. The smallest absolute Gasteiger partial charge is 0.333 e. The first-order chi connectivity index (χ1) is 6.98. The van der Waals surface area contributed by atoms with Gasteiger partial charge in [0, 0.05) is 35.1 Å². The number of carbonyl (C=O) groups excluding carboxylic acids is 1. The van der Waals surface area contributed by atoms with Crippen molar-refractivity contribution < 1.29 is 27.2 Å². The van der Waals surface area contributed by atoms with Crippen molar-refractivity contribution >= 4 is 44.8 Å². The summed E-state index contributed by atoms with van der Waals surface area (Å²) in [5, 5.41) is -1.36. The Morgan fingerprint density at radius 1 is 1.25 bits per heavy atom. The van der Waals surface area contributed by atoms with E-state index in [1.807, 2.05) is 0 Å². The van der Waals surface area contributed by atoms with Crippen molar-refractivity contribution in [1.29, 1.82) is 0 Å². The van der Waals surface area contributed by atoms with Crippen molar-refractivity contribution in [2.75, 3.05) is 6.79 Å². The molecule has 1 N–H and O–H groups in total. The number of hydrogen-bond acceptors (Lipinski definition) is 5. The molecule has 0 saturated heterocycles. The van der Waals surface area contributed by atoms with Gasteiger partial charge >= 0.3 is 15.2 Å². The first-order valence-electron chi connectivity index (χ1n) is 3.90. The summed E-state index contributed by atoms with van der Waals surface area (Å²) in [5.41, 5.74) is -0.165. The molecule has 1 aromatic rings. The quantitative estimate of drug-likeness (QED) is 0.562. The maximum Gasteiger partial charge on any atom is 0.333 e. The van der Waals surface area contributed by atoms with Gasteiger partial charge in [-0.1, -0.05) is 0 Å². The molecule has 0 aromatic heterocycles. The van der Waals surface area contributed by atoms with Crippen LogP contribution in [-0.2, 0) is 10.1 Å². The average molecular weight is 253 g/mol. The number of rotatable bonds is 1. The summed E-state index contributed by atoms with van der Waals surface area (Å²) < 4.78 is 39.6. The van der Waals surface area contributed by atoms with Gasteiger partial charge in [-0.3, -0.25) is 9.35 Å². The van der Waals surface area contributed by atoms with Crippen LogP contribution in [0.1, 0.15) is 10.4 Å². The molecule has 1 aliphatic rings. The maximum atomic E-state index is 11.1. The number of benzene rings is 1. The fraction of sp³-hybridized carbons (Fsp3) is 0.125. The molecule has 0 bridgehead atoms. The summed E-state index contributed by atoms with van der Waals surface area (Å²) in [7, 11) is -4.71. The van der Waals surface area contributed by atoms with Crippen LogP contribution in [0, 0.1) is 0 Å². The molecule has 0 spiro atoms. The molecule has 0 aliphatic carbocycles. The molecule has 0 atom stereocenters. The third-order valence-corrected chi connectivity index (χ3v) is 2.55. The van der Waals surface area contributed by atoms with Gasteiger partial charge in [0.2, 0.25) is 6.79 Å². The van der Waals surface area contributed by atoms with Gasteiger partial charge in [0.05, 0.1) is 0 Å². The van der Waals surface area contributed by atoms with Crippen molar-refractivity contribution in [1.82, 2.24) is 0 Å². The molecule has 0 saturated carbocycles. The Bertz CT molecular complexity index is 523. The van der Waals surface area contributed by atoms with Gasteiger partial charge in [-0.15, -0.1) is 0 Å². The van der Waals surface area contributed by atoms with Crippen LogP contribution >= 0.6 is 0 Å². The molecular formula is C8H6NaO6S. The summed E-state index contributed by atoms with van der Waals surface area (Å²) in [6.45, 7) is 0.0266. The Labute approximate surface area is 114 Å². The van der Waals surface area contributed by atoms with E-state index < -0.39 is 15.2 Å². The van der Waals surface area contributed by atoms with E-state index >= 15 is 0 Å². The number of fused-ring (bicyclic) bond motifs is 1. The van der Waals surface area contributed by atoms with Crippen LogP contribution < -0.4 is 9.47 Å². The summed E-state index contributed by atoms with van der Waals surface area (Å²) in [5.74, 6) is 0.714. The average Bonchev–Trinajstić information content (AvgIpc) is 2.61. The SMILES string of the molecule is O=C(c1ccc2c(c1)OCO2)S(=O)(=O)O.[Na]. The molecular weight excluding hydrogens is 247 g/mol. The van der Waals surface area contributed by atoms with Crippen LogP contribution in [0.3, 0.4) is 0 Å². The van der Waals surface area contributed by atoms with Crippen molar-refractivity contribution in [2.24, 2.45) is 0 Å². The van der Waals surface area contributed by atoms with Crippen LogP contribution in [0.25, 0.3) is 0 Å². The first kappa shape index (κ1) is 13.5. The van der Waals surface area contributed by atoms with Crippen LogP contribution in [0.15, 0.2) is 18.2 Å². The largest absolute Gasteiger partial charge is 0.454 e. The molecule has 0 amide bonds. The van der Waals surface area contributed by atoms with E-state index in [9.17, 15) is 13.2 Å². The molecule has 6 nitrogen and oxygen atoms in total. The van der Waals surface area contributed by atoms with E-state index in [1.165, 1.54) is 18.2 Å². The van der Waals surface area contributed by atoms with Crippen molar-refractivity contribution in [2.45, 2.75) is 0 Å². The zero-order valence-corrected chi connectivity index (χ0v) is 11.2. The predicted octanol–water partition coefficient (Wildman–Crippen LogP) is 0.0625. The zero-order valence-electron chi connectivity index (χ0n) is 8.34. The number of hydrogen-bond donors (Lipinski definition) is 1. The fourth-order valence-electron chi connectivity index (χ4n) is 1.17. The molecule has 1 heterocycles. The minimum absolute atomic E-state index is 0. The van der Waals surface area contributed by atoms with Crippen molar-refractivity contribution in [3.05, 3.63) is 23.8 Å². The van der Waals surface area contributed by atoms with Crippen LogP contribution in [0.5, 0.6) is 11.5 Å². The van der Waals surface area contributed by atoms with Crippen LogP contribution in [0.4, 0.5) is 0 Å². The Kier molecular flexibility index (Phi) is 3.97. The monoisotopic (exact) mass is 253 g/mol. The van der Waals surface area contributed by atoms with Gasteiger partial charge in [-0.2, -0.15) is 8.42 Å². The fourth-order valence-corrected chi connectivity index (χ4v) is 1.60. The van der Waals surface area contributed by atoms with E-state index in [2.05, 4.69) is 0 Å². The van der Waals surface area contributed by atoms with Gasteiger partial charge in [-0.05, 0) is 18.2 Å². The van der Waals surface area contributed by atoms with Gasteiger partial charge < -0.3 is 9.47 Å².